The molecule has 2 aliphatic heterocycles. The number of amides is 1. The van der Waals surface area contributed by atoms with Gasteiger partial charge in [-0.15, -0.1) is 0 Å². The molecule has 1 amide bonds. The summed E-state index contributed by atoms with van der Waals surface area (Å²) in [6, 6.07) is 4.09. The van der Waals surface area contributed by atoms with E-state index >= 15 is 0 Å². The molecule has 3 aromatic rings. The summed E-state index contributed by atoms with van der Waals surface area (Å²) in [7, 11) is 0. The second-order valence-corrected chi connectivity index (χ2v) is 9.64. The molecule has 1 aliphatic carbocycles. The van der Waals surface area contributed by atoms with Gasteiger partial charge < -0.3 is 24.4 Å². The molecule has 1 saturated carbocycles. The summed E-state index contributed by atoms with van der Waals surface area (Å²) >= 11 is 0. The number of hydrogen-bond acceptors (Lipinski definition) is 8. The van der Waals surface area contributed by atoms with Crippen molar-refractivity contribution >= 4 is 34.5 Å². The van der Waals surface area contributed by atoms with E-state index in [1.54, 1.807) is 17.2 Å². The van der Waals surface area contributed by atoms with E-state index in [1.807, 2.05) is 12.4 Å². The molecular formula is C25H32N8O2. The second-order valence-electron chi connectivity index (χ2n) is 9.64. The molecular weight excluding hydrogens is 444 g/mol. The van der Waals surface area contributed by atoms with Gasteiger partial charge in [0.25, 0.3) is 5.91 Å². The van der Waals surface area contributed by atoms with Gasteiger partial charge in [-0.2, -0.15) is 9.97 Å². The number of pyridine rings is 1. The second kappa shape index (κ2) is 9.77. The molecule has 35 heavy (non-hydrogen) atoms. The summed E-state index contributed by atoms with van der Waals surface area (Å²) in [5, 5.41) is 3.41. The molecule has 0 atom stereocenters. The van der Waals surface area contributed by atoms with Gasteiger partial charge in [0.05, 0.1) is 31.4 Å². The first-order chi connectivity index (χ1) is 17.3. The highest BCUT2D eigenvalue weighted by Crippen LogP contribution is 2.34. The van der Waals surface area contributed by atoms with Crippen LogP contribution in [-0.2, 0) is 4.74 Å². The Morgan fingerprint density at radius 3 is 2.49 bits per heavy atom. The third-order valence-corrected chi connectivity index (χ3v) is 7.31. The standard InChI is InChI=1S/C25H32N8O2/c34-24(31-12-14-35-15-13-31)20-9-8-18(16-26-20)28-22-21-23(33(17-27-21)19-6-2-3-7-19)30-25(29-22)32-10-4-1-5-11-32/h8-9,16-17,19H,1-7,10-15H2,(H,28,29,30). The molecule has 184 valence electrons. The summed E-state index contributed by atoms with van der Waals surface area (Å²) in [6.45, 7) is 4.29. The fraction of sp³-hybridized carbons (Fsp3) is 0.560. The Hall–Kier alpha value is -3.27. The maximum atomic E-state index is 12.7. The van der Waals surface area contributed by atoms with Crippen molar-refractivity contribution in [2.45, 2.75) is 51.0 Å². The number of hydrogen-bond donors (Lipinski definition) is 1. The van der Waals surface area contributed by atoms with Crippen molar-refractivity contribution in [1.29, 1.82) is 0 Å². The Balaban J connectivity index is 1.30. The Labute approximate surface area is 204 Å². The van der Waals surface area contributed by atoms with Crippen molar-refractivity contribution in [3.8, 4) is 0 Å². The summed E-state index contributed by atoms with van der Waals surface area (Å²) < 4.78 is 7.59. The van der Waals surface area contributed by atoms with Gasteiger partial charge in [-0.05, 0) is 44.2 Å². The van der Waals surface area contributed by atoms with Crippen molar-refractivity contribution < 1.29 is 9.53 Å². The van der Waals surface area contributed by atoms with Crippen LogP contribution in [0, 0.1) is 0 Å². The summed E-state index contributed by atoms with van der Waals surface area (Å²) in [5.74, 6) is 1.37. The maximum Gasteiger partial charge on any atom is 0.272 e. The number of carbonyl (C=O) groups excluding carboxylic acids is 1. The summed E-state index contributed by atoms with van der Waals surface area (Å²) in [6.07, 6.45) is 12.0. The van der Waals surface area contributed by atoms with Gasteiger partial charge in [-0.3, -0.25) is 4.79 Å². The minimum Gasteiger partial charge on any atom is -0.378 e. The number of anilines is 3. The molecule has 10 heteroatoms. The van der Waals surface area contributed by atoms with Crippen LogP contribution < -0.4 is 10.2 Å². The topological polar surface area (TPSA) is 101 Å². The van der Waals surface area contributed by atoms with Gasteiger partial charge in [0.2, 0.25) is 5.95 Å². The fourth-order valence-electron chi connectivity index (χ4n) is 5.34. The maximum absolute atomic E-state index is 12.7. The van der Waals surface area contributed by atoms with Crippen LogP contribution in [0.15, 0.2) is 24.7 Å². The number of ether oxygens (including phenoxy) is 1. The normalized spacial score (nSPS) is 19.4. The molecule has 3 aromatic heterocycles. The predicted octanol–water partition coefficient (Wildman–Crippen LogP) is 3.54. The molecule has 6 rings (SSSR count). The van der Waals surface area contributed by atoms with Crippen LogP contribution in [0.2, 0.25) is 0 Å². The van der Waals surface area contributed by atoms with E-state index in [4.69, 9.17) is 19.7 Å². The molecule has 0 radical (unpaired) electrons. The van der Waals surface area contributed by atoms with Gasteiger partial charge in [-0.25, -0.2) is 9.97 Å². The van der Waals surface area contributed by atoms with E-state index in [0.717, 1.165) is 48.7 Å². The van der Waals surface area contributed by atoms with Crippen molar-refractivity contribution in [3.63, 3.8) is 0 Å². The number of nitrogens with one attached hydrogen (secondary N) is 1. The van der Waals surface area contributed by atoms with Gasteiger partial charge in [0, 0.05) is 32.2 Å². The SMILES string of the molecule is O=C(c1ccc(Nc2nc(N3CCCCC3)nc3c2ncn3C2CCCC2)cn1)N1CCOCC1. The number of fused-ring (bicyclic) bond motifs is 1. The number of piperidine rings is 1. The van der Waals surface area contributed by atoms with Crippen molar-refractivity contribution in [2.75, 3.05) is 49.6 Å². The molecule has 3 aliphatic rings. The number of morpholine rings is 1. The largest absolute Gasteiger partial charge is 0.378 e. The van der Waals surface area contributed by atoms with E-state index in [-0.39, 0.29) is 5.91 Å². The number of carbonyl (C=O) groups is 1. The van der Waals surface area contributed by atoms with Crippen LogP contribution in [0.5, 0.6) is 0 Å². The smallest absolute Gasteiger partial charge is 0.272 e. The lowest BCUT2D eigenvalue weighted by Crippen LogP contribution is -2.41. The van der Waals surface area contributed by atoms with E-state index < -0.39 is 0 Å². The zero-order valence-electron chi connectivity index (χ0n) is 20.0. The Morgan fingerprint density at radius 1 is 0.943 bits per heavy atom. The molecule has 0 spiro atoms. The molecule has 3 fully saturated rings. The van der Waals surface area contributed by atoms with Gasteiger partial charge in [-0.1, -0.05) is 12.8 Å². The third-order valence-electron chi connectivity index (χ3n) is 7.31. The number of rotatable bonds is 5. The minimum atomic E-state index is -0.0630. The third kappa shape index (κ3) is 4.54. The Morgan fingerprint density at radius 2 is 1.74 bits per heavy atom. The number of aromatic nitrogens is 5. The van der Waals surface area contributed by atoms with Crippen molar-refractivity contribution in [2.24, 2.45) is 0 Å². The van der Waals surface area contributed by atoms with Gasteiger partial charge in [0.15, 0.2) is 17.0 Å². The van der Waals surface area contributed by atoms with E-state index in [2.05, 4.69) is 19.8 Å². The predicted molar refractivity (Wildman–Crippen MR) is 133 cm³/mol. The van der Waals surface area contributed by atoms with E-state index in [9.17, 15) is 4.79 Å². The molecule has 0 aromatic carbocycles. The Kier molecular flexibility index (Phi) is 6.20. The lowest BCUT2D eigenvalue weighted by molar-refractivity contribution is 0.0299. The highest BCUT2D eigenvalue weighted by Gasteiger charge is 2.24. The minimum absolute atomic E-state index is 0.0630. The summed E-state index contributed by atoms with van der Waals surface area (Å²) in [4.78, 5) is 35.9. The lowest BCUT2D eigenvalue weighted by Gasteiger charge is -2.27. The average Bonchev–Trinajstić information content (AvgIpc) is 3.60. The first-order valence-electron chi connectivity index (χ1n) is 12.9. The Bertz CT molecular complexity index is 1180. The average molecular weight is 477 g/mol. The van der Waals surface area contributed by atoms with E-state index in [1.165, 1.54) is 32.1 Å². The van der Waals surface area contributed by atoms with Crippen molar-refractivity contribution in [1.82, 2.24) is 29.4 Å². The first kappa shape index (κ1) is 22.2. The van der Waals surface area contributed by atoms with Crippen LogP contribution in [0.25, 0.3) is 11.2 Å². The zero-order chi connectivity index (χ0) is 23.6. The molecule has 0 unspecified atom stereocenters. The highest BCUT2D eigenvalue weighted by molar-refractivity contribution is 5.93. The highest BCUT2D eigenvalue weighted by atomic mass is 16.5. The molecule has 1 N–H and O–H groups in total. The van der Waals surface area contributed by atoms with Crippen LogP contribution in [-0.4, -0.2) is 74.7 Å². The monoisotopic (exact) mass is 476 g/mol. The van der Waals surface area contributed by atoms with Crippen molar-refractivity contribution in [3.05, 3.63) is 30.4 Å². The summed E-state index contributed by atoms with van der Waals surface area (Å²) in [5.41, 5.74) is 2.86. The fourth-order valence-corrected chi connectivity index (χ4v) is 5.34. The van der Waals surface area contributed by atoms with Gasteiger partial charge in [0.1, 0.15) is 5.69 Å². The van der Waals surface area contributed by atoms with Crippen LogP contribution in [0.4, 0.5) is 17.5 Å². The number of imidazole rings is 1. The van der Waals surface area contributed by atoms with Crippen LogP contribution in [0.1, 0.15) is 61.5 Å². The zero-order valence-corrected chi connectivity index (χ0v) is 20.0. The first-order valence-corrected chi connectivity index (χ1v) is 12.9. The molecule has 10 nitrogen and oxygen atoms in total. The molecule has 5 heterocycles. The lowest BCUT2D eigenvalue weighted by atomic mass is 10.1. The molecule has 2 saturated heterocycles. The van der Waals surface area contributed by atoms with Gasteiger partial charge >= 0.3 is 0 Å². The molecule has 0 bridgehead atoms. The van der Waals surface area contributed by atoms with E-state index in [0.29, 0.717) is 43.9 Å². The quantitative estimate of drug-likeness (QED) is 0.597. The van der Waals surface area contributed by atoms with Crippen LogP contribution >= 0.6 is 0 Å². The number of nitrogens with zero attached hydrogens (tertiary/aromatic N) is 7. The van der Waals surface area contributed by atoms with Crippen LogP contribution in [0.3, 0.4) is 0 Å².